The molecular formula is CH2BF3O2. The molecule has 7 heavy (non-hydrogen) atoms. The van der Waals surface area contributed by atoms with Gasteiger partial charge in [0.15, 0.2) is 0 Å². The molecule has 0 aromatic rings. The average molecular weight is 114 g/mol. The van der Waals surface area contributed by atoms with Gasteiger partial charge >= 0.3 is 13.2 Å². The summed E-state index contributed by atoms with van der Waals surface area (Å²) >= 11 is 0. The summed E-state index contributed by atoms with van der Waals surface area (Å²) in [7, 11) is -3.20. The zero-order valence-corrected chi connectivity index (χ0v) is 3.11. The lowest BCUT2D eigenvalue weighted by Crippen LogP contribution is -2.33. The van der Waals surface area contributed by atoms with Crippen molar-refractivity contribution in [1.82, 2.24) is 0 Å². The minimum atomic E-state index is -4.89. The van der Waals surface area contributed by atoms with Crippen LogP contribution in [-0.4, -0.2) is 23.2 Å². The Bertz CT molecular complexity index is 58.4. The predicted molar refractivity (Wildman–Crippen MR) is 16.2 cm³/mol. The Labute approximate surface area is 37.7 Å². The first-order chi connectivity index (χ1) is 2.94. The van der Waals surface area contributed by atoms with Crippen LogP contribution in [0.15, 0.2) is 0 Å². The molecule has 0 heterocycles. The van der Waals surface area contributed by atoms with Gasteiger partial charge in [-0.1, -0.05) is 0 Å². The molecule has 0 bridgehead atoms. The van der Waals surface area contributed by atoms with Gasteiger partial charge in [-0.25, -0.2) is 0 Å². The van der Waals surface area contributed by atoms with Crippen LogP contribution in [0, 0.1) is 0 Å². The second kappa shape index (κ2) is 1.71. The third-order valence-corrected chi connectivity index (χ3v) is 0.293. The lowest BCUT2D eigenvalue weighted by Gasteiger charge is -2.00. The van der Waals surface area contributed by atoms with Crippen LogP contribution in [0.3, 0.4) is 0 Å². The molecule has 0 saturated carbocycles. The molecule has 0 aliphatic rings. The van der Waals surface area contributed by atoms with Crippen LogP contribution in [0.2, 0.25) is 0 Å². The summed E-state index contributed by atoms with van der Waals surface area (Å²) in [5, 5.41) is 14.6. The second-order valence-corrected chi connectivity index (χ2v) is 0.915. The fraction of sp³-hybridized carbons (Fsp3) is 1.00. The molecule has 0 radical (unpaired) electrons. The molecule has 0 unspecified atom stereocenters. The maximum absolute atomic E-state index is 10.7. The average Bonchev–Trinajstić information content (AvgIpc) is 1.31. The van der Waals surface area contributed by atoms with E-state index in [0.29, 0.717) is 0 Å². The molecule has 0 rings (SSSR count). The van der Waals surface area contributed by atoms with Gasteiger partial charge in [-0.3, -0.25) is 0 Å². The maximum Gasteiger partial charge on any atom is 0.573 e. The van der Waals surface area contributed by atoms with Crippen molar-refractivity contribution < 1.29 is 23.2 Å². The highest BCUT2D eigenvalue weighted by molar-refractivity contribution is 6.43. The quantitative estimate of drug-likeness (QED) is 0.419. The third kappa shape index (κ3) is 2.47. The highest BCUT2D eigenvalue weighted by Gasteiger charge is 2.43. The van der Waals surface area contributed by atoms with Crippen LogP contribution in [0.5, 0.6) is 0 Å². The standard InChI is InChI=1S/CH2BF3O2/c3-1(4,5)2(6)7/h6-7H. The third-order valence-electron chi connectivity index (χ3n) is 0.293. The zero-order valence-electron chi connectivity index (χ0n) is 3.11. The van der Waals surface area contributed by atoms with Gasteiger partial charge in [-0.15, -0.1) is 0 Å². The van der Waals surface area contributed by atoms with Crippen molar-refractivity contribution in [3.8, 4) is 0 Å². The van der Waals surface area contributed by atoms with Crippen LogP contribution in [0.25, 0.3) is 0 Å². The Morgan fingerprint density at radius 2 is 1.29 bits per heavy atom. The summed E-state index contributed by atoms with van der Waals surface area (Å²) in [5.41, 5.74) is 0. The predicted octanol–water partition coefficient (Wildman–Crippen LogP) is -0.439. The SMILES string of the molecule is OB(O)C(F)(F)F. The first-order valence-corrected chi connectivity index (χ1v) is 1.37. The normalized spacial score (nSPS) is 11.6. The molecular weight excluding hydrogens is 112 g/mol. The smallest absolute Gasteiger partial charge is 0.421 e. The van der Waals surface area contributed by atoms with E-state index in [-0.39, 0.29) is 0 Å². The van der Waals surface area contributed by atoms with E-state index in [1.807, 2.05) is 0 Å². The lowest BCUT2D eigenvalue weighted by atomic mass is 9.92. The number of halogens is 3. The van der Waals surface area contributed by atoms with E-state index in [2.05, 4.69) is 0 Å². The summed E-state index contributed by atoms with van der Waals surface area (Å²) in [6, 6.07) is 0. The van der Waals surface area contributed by atoms with E-state index in [1.165, 1.54) is 0 Å². The highest BCUT2D eigenvalue weighted by atomic mass is 19.4. The Kier molecular flexibility index (Phi) is 1.66. The van der Waals surface area contributed by atoms with Gasteiger partial charge in [0.05, 0.1) is 0 Å². The Balaban J connectivity index is 3.54. The van der Waals surface area contributed by atoms with Gasteiger partial charge in [0.25, 0.3) is 0 Å². The summed E-state index contributed by atoms with van der Waals surface area (Å²) < 4.78 is 32.0. The summed E-state index contributed by atoms with van der Waals surface area (Å²) in [5.74, 6) is 0. The van der Waals surface area contributed by atoms with E-state index in [4.69, 9.17) is 10.0 Å². The highest BCUT2D eigenvalue weighted by Crippen LogP contribution is 2.14. The van der Waals surface area contributed by atoms with Crippen molar-refractivity contribution in [1.29, 1.82) is 0 Å². The molecule has 0 amide bonds. The largest absolute Gasteiger partial charge is 0.573 e. The van der Waals surface area contributed by atoms with Crippen molar-refractivity contribution in [3.63, 3.8) is 0 Å². The van der Waals surface area contributed by atoms with Crippen molar-refractivity contribution in [2.75, 3.05) is 0 Å². The van der Waals surface area contributed by atoms with Gasteiger partial charge in [0, 0.05) is 0 Å². The van der Waals surface area contributed by atoms with E-state index in [1.54, 1.807) is 0 Å². The summed E-state index contributed by atoms with van der Waals surface area (Å²) in [4.78, 5) is 0. The minimum absolute atomic E-state index is 3.20. The van der Waals surface area contributed by atoms with Gasteiger partial charge in [0.1, 0.15) is 0 Å². The lowest BCUT2D eigenvalue weighted by molar-refractivity contribution is -0.0760. The molecule has 0 saturated heterocycles. The van der Waals surface area contributed by atoms with Crippen molar-refractivity contribution in [3.05, 3.63) is 0 Å². The van der Waals surface area contributed by atoms with Crippen molar-refractivity contribution >= 4 is 7.12 Å². The van der Waals surface area contributed by atoms with Crippen molar-refractivity contribution in [2.45, 2.75) is 6.08 Å². The first kappa shape index (κ1) is 6.77. The van der Waals surface area contributed by atoms with E-state index in [0.717, 1.165) is 0 Å². The molecule has 0 aromatic heterocycles. The Morgan fingerprint density at radius 1 is 1.14 bits per heavy atom. The number of rotatable bonds is 0. The Morgan fingerprint density at radius 3 is 1.29 bits per heavy atom. The molecule has 2 nitrogen and oxygen atoms in total. The van der Waals surface area contributed by atoms with Crippen LogP contribution in [-0.2, 0) is 0 Å². The molecule has 0 fully saturated rings. The second-order valence-electron chi connectivity index (χ2n) is 0.915. The monoisotopic (exact) mass is 114 g/mol. The molecule has 0 aliphatic heterocycles. The van der Waals surface area contributed by atoms with Gasteiger partial charge < -0.3 is 10.0 Å². The fourth-order valence-corrected chi connectivity index (χ4v) is 0. The van der Waals surface area contributed by atoms with Crippen LogP contribution in [0.1, 0.15) is 0 Å². The van der Waals surface area contributed by atoms with Gasteiger partial charge in [0.2, 0.25) is 0 Å². The summed E-state index contributed by atoms with van der Waals surface area (Å²) in [6.45, 7) is 0. The molecule has 0 atom stereocenters. The van der Waals surface area contributed by atoms with Crippen LogP contribution in [0.4, 0.5) is 13.2 Å². The number of hydrogen-bond donors (Lipinski definition) is 2. The van der Waals surface area contributed by atoms with Crippen LogP contribution >= 0.6 is 0 Å². The number of hydrogen-bond acceptors (Lipinski definition) is 2. The van der Waals surface area contributed by atoms with E-state index < -0.39 is 13.2 Å². The van der Waals surface area contributed by atoms with Crippen LogP contribution < -0.4 is 0 Å². The molecule has 0 aromatic carbocycles. The van der Waals surface area contributed by atoms with Gasteiger partial charge in [-0.05, 0) is 0 Å². The van der Waals surface area contributed by atoms with E-state index in [9.17, 15) is 13.2 Å². The first-order valence-electron chi connectivity index (χ1n) is 1.37. The zero-order chi connectivity index (χ0) is 6.08. The Hall–Kier alpha value is -0.225. The molecule has 42 valence electrons. The molecule has 6 heteroatoms. The fourth-order valence-electron chi connectivity index (χ4n) is 0. The molecule has 0 spiro atoms. The number of alkyl halides is 3. The molecule has 0 aliphatic carbocycles. The minimum Gasteiger partial charge on any atom is -0.421 e. The van der Waals surface area contributed by atoms with Crippen molar-refractivity contribution in [2.24, 2.45) is 0 Å². The molecule has 2 N–H and O–H groups in total. The summed E-state index contributed by atoms with van der Waals surface area (Å²) in [6.07, 6.45) is -4.89. The maximum atomic E-state index is 10.7. The topological polar surface area (TPSA) is 40.5 Å². The van der Waals surface area contributed by atoms with E-state index >= 15 is 0 Å². The van der Waals surface area contributed by atoms with Gasteiger partial charge in [-0.2, -0.15) is 13.2 Å².